The van der Waals surface area contributed by atoms with Gasteiger partial charge < -0.3 is 33.8 Å². The molecule has 0 fully saturated rings. The number of rotatable bonds is 75. The first-order valence-electron chi connectivity index (χ1n) is 39.1. The summed E-state index contributed by atoms with van der Waals surface area (Å²) in [5.74, 6) is -1.37. The van der Waals surface area contributed by atoms with E-state index in [1.165, 1.54) is 205 Å². The van der Waals surface area contributed by atoms with Crippen LogP contribution in [-0.4, -0.2) is 96.7 Å². The minimum Gasteiger partial charge on any atom is -0.462 e. The van der Waals surface area contributed by atoms with Gasteiger partial charge in [-0.25, -0.2) is 9.13 Å². The van der Waals surface area contributed by atoms with E-state index in [0.717, 1.165) is 109 Å². The van der Waals surface area contributed by atoms with Gasteiger partial charge in [-0.3, -0.25) is 37.3 Å². The first-order chi connectivity index (χ1) is 45.5. The van der Waals surface area contributed by atoms with E-state index in [1.807, 2.05) is 0 Å². The largest absolute Gasteiger partial charge is 0.472 e. The quantitative estimate of drug-likeness (QED) is 0.0222. The molecule has 0 aromatic rings. The number of esters is 4. The lowest BCUT2D eigenvalue weighted by atomic mass is 10.0. The van der Waals surface area contributed by atoms with Crippen LogP contribution in [0.15, 0.2) is 0 Å². The van der Waals surface area contributed by atoms with Gasteiger partial charge in [-0.1, -0.05) is 343 Å². The predicted octanol–water partition coefficient (Wildman–Crippen LogP) is 22.1. The van der Waals surface area contributed by atoms with E-state index in [-0.39, 0.29) is 25.7 Å². The number of phosphoric acid groups is 2. The minimum absolute atomic E-state index is 0.106. The fourth-order valence-corrected chi connectivity index (χ4v) is 13.1. The lowest BCUT2D eigenvalue weighted by Crippen LogP contribution is -2.30. The van der Waals surface area contributed by atoms with Crippen molar-refractivity contribution in [2.24, 2.45) is 5.92 Å². The Morgan fingerprint density at radius 1 is 0.287 bits per heavy atom. The average Bonchev–Trinajstić information content (AvgIpc) is 2.47. The maximum Gasteiger partial charge on any atom is 0.472 e. The number of phosphoric ester groups is 2. The number of unbranched alkanes of at least 4 members (excludes halogenated alkanes) is 47. The molecule has 0 heterocycles. The highest BCUT2D eigenvalue weighted by atomic mass is 31.2. The predicted molar refractivity (Wildman–Crippen MR) is 382 cm³/mol. The first-order valence-corrected chi connectivity index (χ1v) is 42.1. The van der Waals surface area contributed by atoms with Crippen LogP contribution in [0.3, 0.4) is 0 Å². The molecular formula is C75H146O17P2. The molecule has 3 N–H and O–H groups in total. The second-order valence-electron chi connectivity index (χ2n) is 27.5. The molecule has 0 saturated heterocycles. The summed E-state index contributed by atoms with van der Waals surface area (Å²) in [6, 6.07) is 0. The Morgan fingerprint density at radius 3 is 0.723 bits per heavy atom. The molecular weight excluding hydrogens is 1230 g/mol. The Hall–Kier alpha value is -1.94. The second-order valence-corrected chi connectivity index (χ2v) is 30.4. The smallest absolute Gasteiger partial charge is 0.462 e. The lowest BCUT2D eigenvalue weighted by Gasteiger charge is -2.21. The zero-order valence-electron chi connectivity index (χ0n) is 61.1. The Kier molecular flexibility index (Phi) is 66.8. The van der Waals surface area contributed by atoms with Crippen molar-refractivity contribution < 1.29 is 80.2 Å². The maximum atomic E-state index is 13.1. The molecule has 0 spiro atoms. The van der Waals surface area contributed by atoms with Gasteiger partial charge in [0, 0.05) is 25.7 Å². The molecule has 0 amide bonds. The third-order valence-electron chi connectivity index (χ3n) is 17.5. The molecule has 2 unspecified atom stereocenters. The van der Waals surface area contributed by atoms with Gasteiger partial charge in [0.1, 0.15) is 19.3 Å². The van der Waals surface area contributed by atoms with E-state index in [0.29, 0.717) is 25.7 Å². The van der Waals surface area contributed by atoms with Gasteiger partial charge in [-0.15, -0.1) is 0 Å². The van der Waals surface area contributed by atoms with Crippen LogP contribution in [0.4, 0.5) is 0 Å². The zero-order chi connectivity index (χ0) is 69.1. The van der Waals surface area contributed by atoms with E-state index in [2.05, 4.69) is 34.6 Å². The minimum atomic E-state index is -4.95. The number of aliphatic hydroxyl groups excluding tert-OH is 1. The summed E-state index contributed by atoms with van der Waals surface area (Å²) in [7, 11) is -9.90. The van der Waals surface area contributed by atoms with Crippen molar-refractivity contribution in [1.82, 2.24) is 0 Å². The summed E-state index contributed by atoms with van der Waals surface area (Å²) >= 11 is 0. The molecule has 558 valence electrons. The van der Waals surface area contributed by atoms with Crippen LogP contribution < -0.4 is 0 Å². The van der Waals surface area contributed by atoms with Gasteiger partial charge in [0.2, 0.25) is 0 Å². The highest BCUT2D eigenvalue weighted by Gasteiger charge is 2.30. The Labute approximate surface area is 575 Å². The number of hydrogen-bond acceptors (Lipinski definition) is 15. The summed E-state index contributed by atoms with van der Waals surface area (Å²) in [6.45, 7) is 7.23. The second kappa shape index (κ2) is 68.2. The van der Waals surface area contributed by atoms with E-state index in [9.17, 15) is 43.2 Å². The summed E-state index contributed by atoms with van der Waals surface area (Å²) in [5.41, 5.74) is 0. The molecule has 94 heavy (non-hydrogen) atoms. The van der Waals surface area contributed by atoms with E-state index >= 15 is 0 Å². The molecule has 0 bridgehead atoms. The van der Waals surface area contributed by atoms with Crippen molar-refractivity contribution >= 4 is 39.5 Å². The van der Waals surface area contributed by atoms with Crippen LogP contribution >= 0.6 is 15.6 Å². The normalized spacial score (nSPS) is 14.0. The van der Waals surface area contributed by atoms with Gasteiger partial charge in [-0.2, -0.15) is 0 Å². The lowest BCUT2D eigenvalue weighted by molar-refractivity contribution is -0.161. The van der Waals surface area contributed by atoms with Crippen LogP contribution in [0.5, 0.6) is 0 Å². The SMILES string of the molecule is CCCCCCCCCCCCCCCCCCCCCCC(=O)O[C@H](COC(=O)CCCCCCCCCCCCCCCC)COP(=O)(O)OC[C@@H](O)COP(=O)(O)OC[C@@H](COC(=O)CCCCCCCCC)OC(=O)CCCCCCCCCCCCC(C)C. The molecule has 19 heteroatoms. The number of ether oxygens (including phenoxy) is 4. The van der Waals surface area contributed by atoms with E-state index < -0.39 is 97.5 Å². The van der Waals surface area contributed by atoms with E-state index in [4.69, 9.17) is 37.0 Å². The molecule has 0 aromatic carbocycles. The van der Waals surface area contributed by atoms with Crippen molar-refractivity contribution in [2.75, 3.05) is 39.6 Å². The molecule has 0 rings (SSSR count). The molecule has 0 aliphatic heterocycles. The highest BCUT2D eigenvalue weighted by molar-refractivity contribution is 7.47. The third kappa shape index (κ3) is 68.6. The fourth-order valence-electron chi connectivity index (χ4n) is 11.5. The third-order valence-corrected chi connectivity index (χ3v) is 19.4. The van der Waals surface area contributed by atoms with E-state index in [1.54, 1.807) is 0 Å². The van der Waals surface area contributed by atoms with Gasteiger partial charge >= 0.3 is 39.5 Å². The molecule has 0 aliphatic rings. The Balaban J connectivity index is 5.17. The molecule has 17 nitrogen and oxygen atoms in total. The number of carbonyl (C=O) groups excluding carboxylic acids is 4. The van der Waals surface area contributed by atoms with Crippen molar-refractivity contribution in [3.05, 3.63) is 0 Å². The molecule has 5 atom stereocenters. The molecule has 0 radical (unpaired) electrons. The summed E-state index contributed by atoms with van der Waals surface area (Å²) in [4.78, 5) is 72.6. The number of aliphatic hydroxyl groups is 1. The number of hydrogen-bond donors (Lipinski definition) is 3. The summed E-state index contributed by atoms with van der Waals surface area (Å²) in [5, 5.41) is 10.6. The maximum absolute atomic E-state index is 13.1. The zero-order valence-corrected chi connectivity index (χ0v) is 62.9. The van der Waals surface area contributed by atoms with Crippen LogP contribution in [0.2, 0.25) is 0 Å². The fraction of sp³-hybridized carbons (Fsp3) is 0.947. The van der Waals surface area contributed by atoms with Crippen LogP contribution in [0, 0.1) is 5.92 Å². The first kappa shape index (κ1) is 92.1. The molecule has 0 aliphatic carbocycles. The summed E-state index contributed by atoms with van der Waals surface area (Å²) < 4.78 is 68.4. The molecule has 0 saturated carbocycles. The van der Waals surface area contributed by atoms with Gasteiger partial charge in [-0.05, 0) is 31.6 Å². The number of carbonyl (C=O) groups is 4. The van der Waals surface area contributed by atoms with Crippen molar-refractivity contribution in [3.8, 4) is 0 Å². The standard InChI is InChI=1S/C75H146O17P2/c1-6-9-12-15-18-20-22-24-26-27-28-29-30-31-33-35-40-45-50-55-60-74(79)92-71(65-86-73(78)59-54-49-44-39-34-32-25-23-21-19-16-13-10-7-2)67-90-94(83,84)88-63-69(76)62-87-93(81,82)89-66-70(64-85-72(77)58-53-48-42-17-14-11-8-3)91-75(80)61-56-51-46-41-37-36-38-43-47-52-57-68(4)5/h68-71,76H,6-67H2,1-5H3,(H,81,82)(H,83,84)/t69-,70+,71+/m0/s1. The van der Waals surface area contributed by atoms with Gasteiger partial charge in [0.25, 0.3) is 0 Å². The van der Waals surface area contributed by atoms with Crippen molar-refractivity contribution in [2.45, 2.75) is 412 Å². The Bertz CT molecular complexity index is 1810. The van der Waals surface area contributed by atoms with Gasteiger partial charge in [0.15, 0.2) is 12.2 Å². The van der Waals surface area contributed by atoms with Crippen LogP contribution in [-0.2, 0) is 65.4 Å². The highest BCUT2D eigenvalue weighted by Crippen LogP contribution is 2.45. The molecule has 0 aromatic heterocycles. The summed E-state index contributed by atoms with van der Waals surface area (Å²) in [6.07, 6.45) is 57.1. The Morgan fingerprint density at radius 2 is 0.489 bits per heavy atom. The topological polar surface area (TPSA) is 237 Å². The monoisotopic (exact) mass is 1380 g/mol. The van der Waals surface area contributed by atoms with Crippen molar-refractivity contribution in [3.63, 3.8) is 0 Å². The van der Waals surface area contributed by atoms with Crippen LogP contribution in [0.1, 0.15) is 394 Å². The van der Waals surface area contributed by atoms with Gasteiger partial charge in [0.05, 0.1) is 26.4 Å². The van der Waals surface area contributed by atoms with Crippen molar-refractivity contribution in [1.29, 1.82) is 0 Å². The van der Waals surface area contributed by atoms with Crippen LogP contribution in [0.25, 0.3) is 0 Å². The average molecular weight is 1380 g/mol.